The van der Waals surface area contributed by atoms with E-state index in [-0.39, 0.29) is 18.6 Å². The van der Waals surface area contributed by atoms with Crippen LogP contribution in [0.5, 0.6) is 0 Å². The number of rotatable bonds is 5. The molecule has 6 heteroatoms. The van der Waals surface area contributed by atoms with Crippen molar-refractivity contribution in [1.82, 2.24) is 19.7 Å². The molecule has 1 aromatic carbocycles. The quantitative estimate of drug-likeness (QED) is 0.776. The summed E-state index contributed by atoms with van der Waals surface area (Å²) >= 11 is 0. The first-order chi connectivity index (χ1) is 12.0. The lowest BCUT2D eigenvalue weighted by molar-refractivity contribution is 0.0707. The SMILES string of the molecule is Cc1cc(C(=O)N(C)C(CCO)c2ccccc2)c2cnn(C)c2n1. The van der Waals surface area contributed by atoms with Crippen LogP contribution < -0.4 is 0 Å². The number of hydrogen-bond donors (Lipinski definition) is 1. The van der Waals surface area contributed by atoms with Gasteiger partial charge in [0.2, 0.25) is 0 Å². The average Bonchev–Trinajstić information content (AvgIpc) is 2.99. The van der Waals surface area contributed by atoms with Crippen LogP contribution in [0.15, 0.2) is 42.6 Å². The van der Waals surface area contributed by atoms with Crippen molar-refractivity contribution < 1.29 is 9.90 Å². The average molecular weight is 338 g/mol. The van der Waals surface area contributed by atoms with Gasteiger partial charge in [-0.2, -0.15) is 5.10 Å². The van der Waals surface area contributed by atoms with E-state index in [9.17, 15) is 9.90 Å². The van der Waals surface area contributed by atoms with Gasteiger partial charge in [0.1, 0.15) is 0 Å². The van der Waals surface area contributed by atoms with Crippen LogP contribution in [0.2, 0.25) is 0 Å². The Hall–Kier alpha value is -2.73. The van der Waals surface area contributed by atoms with Crippen molar-refractivity contribution in [2.75, 3.05) is 13.7 Å². The van der Waals surface area contributed by atoms with Gasteiger partial charge in [-0.05, 0) is 25.0 Å². The van der Waals surface area contributed by atoms with Crippen LogP contribution in [0.4, 0.5) is 0 Å². The van der Waals surface area contributed by atoms with Crippen LogP contribution in [0.3, 0.4) is 0 Å². The Morgan fingerprint density at radius 3 is 2.72 bits per heavy atom. The highest BCUT2D eigenvalue weighted by atomic mass is 16.3. The highest BCUT2D eigenvalue weighted by Gasteiger charge is 2.25. The lowest BCUT2D eigenvalue weighted by Crippen LogP contribution is -2.32. The molecule has 0 fully saturated rings. The van der Waals surface area contributed by atoms with Crippen molar-refractivity contribution in [2.24, 2.45) is 7.05 Å². The number of amides is 1. The predicted octanol–water partition coefficient (Wildman–Crippen LogP) is 2.47. The molecule has 130 valence electrons. The van der Waals surface area contributed by atoms with E-state index in [1.165, 1.54) is 0 Å². The number of hydrogen-bond acceptors (Lipinski definition) is 4. The molecule has 1 atom stereocenters. The Kier molecular flexibility index (Phi) is 4.81. The molecule has 0 spiro atoms. The molecule has 2 aromatic heterocycles. The fraction of sp³-hybridized carbons (Fsp3) is 0.316. The molecule has 0 bridgehead atoms. The van der Waals surface area contributed by atoms with Gasteiger partial charge < -0.3 is 10.0 Å². The molecule has 0 radical (unpaired) electrons. The summed E-state index contributed by atoms with van der Waals surface area (Å²) in [5.41, 5.74) is 3.04. The molecule has 1 unspecified atom stereocenters. The first-order valence-corrected chi connectivity index (χ1v) is 8.25. The fourth-order valence-electron chi connectivity index (χ4n) is 3.13. The summed E-state index contributed by atoms with van der Waals surface area (Å²) < 4.78 is 1.67. The zero-order valence-electron chi connectivity index (χ0n) is 14.7. The van der Waals surface area contributed by atoms with Gasteiger partial charge in [-0.1, -0.05) is 30.3 Å². The maximum absolute atomic E-state index is 13.2. The monoisotopic (exact) mass is 338 g/mol. The first kappa shape index (κ1) is 17.1. The second-order valence-electron chi connectivity index (χ2n) is 6.17. The second kappa shape index (κ2) is 7.03. The van der Waals surface area contributed by atoms with E-state index in [0.29, 0.717) is 17.6 Å². The van der Waals surface area contributed by atoms with Gasteiger partial charge in [0.05, 0.1) is 23.2 Å². The van der Waals surface area contributed by atoms with Gasteiger partial charge in [-0.15, -0.1) is 0 Å². The summed E-state index contributed by atoms with van der Waals surface area (Å²) in [6.45, 7) is 1.88. The minimum atomic E-state index is -0.195. The van der Waals surface area contributed by atoms with Gasteiger partial charge in [0.15, 0.2) is 5.65 Å². The smallest absolute Gasteiger partial charge is 0.254 e. The highest BCUT2D eigenvalue weighted by Crippen LogP contribution is 2.26. The lowest BCUT2D eigenvalue weighted by atomic mass is 10.0. The molecule has 0 aliphatic rings. The minimum absolute atomic E-state index is 0.00879. The van der Waals surface area contributed by atoms with Gasteiger partial charge >= 0.3 is 0 Å². The number of fused-ring (bicyclic) bond motifs is 1. The van der Waals surface area contributed by atoms with Gasteiger partial charge in [0.25, 0.3) is 5.91 Å². The van der Waals surface area contributed by atoms with Crippen molar-refractivity contribution in [1.29, 1.82) is 0 Å². The fourth-order valence-corrected chi connectivity index (χ4v) is 3.13. The van der Waals surface area contributed by atoms with Crippen molar-refractivity contribution in [3.05, 3.63) is 59.4 Å². The molecule has 0 aliphatic heterocycles. The second-order valence-corrected chi connectivity index (χ2v) is 6.17. The van der Waals surface area contributed by atoms with E-state index >= 15 is 0 Å². The molecule has 3 rings (SSSR count). The number of aliphatic hydroxyl groups is 1. The normalized spacial score (nSPS) is 12.3. The Morgan fingerprint density at radius 1 is 1.32 bits per heavy atom. The molecule has 2 heterocycles. The topological polar surface area (TPSA) is 71.2 Å². The largest absolute Gasteiger partial charge is 0.396 e. The number of aliphatic hydroxyl groups excluding tert-OH is 1. The standard InChI is InChI=1S/C19H22N4O2/c1-13-11-15(16-12-20-23(3)18(16)21-13)19(25)22(2)17(9-10-24)14-7-5-4-6-8-14/h4-8,11-12,17,24H,9-10H2,1-3H3. The van der Waals surface area contributed by atoms with E-state index in [0.717, 1.165) is 16.6 Å². The first-order valence-electron chi connectivity index (χ1n) is 8.25. The molecular formula is C19H22N4O2. The number of carbonyl (C=O) groups excluding carboxylic acids is 1. The molecule has 1 N–H and O–H groups in total. The number of pyridine rings is 1. The summed E-state index contributed by atoms with van der Waals surface area (Å²) in [7, 11) is 3.58. The molecule has 1 amide bonds. The van der Waals surface area contributed by atoms with Crippen LogP contribution in [0.1, 0.15) is 34.1 Å². The van der Waals surface area contributed by atoms with E-state index < -0.39 is 0 Å². The third-order valence-corrected chi connectivity index (χ3v) is 4.44. The number of aromatic nitrogens is 3. The molecular weight excluding hydrogens is 316 g/mol. The third kappa shape index (κ3) is 3.25. The van der Waals surface area contributed by atoms with Gasteiger partial charge in [-0.3, -0.25) is 9.48 Å². The van der Waals surface area contributed by atoms with Gasteiger partial charge in [0, 0.05) is 26.4 Å². The summed E-state index contributed by atoms with van der Waals surface area (Å²) in [4.78, 5) is 19.3. The number of benzene rings is 1. The maximum atomic E-state index is 13.2. The van der Waals surface area contributed by atoms with Crippen LogP contribution in [0, 0.1) is 6.92 Å². The molecule has 0 saturated carbocycles. The third-order valence-electron chi connectivity index (χ3n) is 4.44. The summed E-state index contributed by atoms with van der Waals surface area (Å²) in [5.74, 6) is -0.106. The lowest BCUT2D eigenvalue weighted by Gasteiger charge is -2.28. The van der Waals surface area contributed by atoms with Crippen LogP contribution >= 0.6 is 0 Å². The van der Waals surface area contributed by atoms with Crippen molar-refractivity contribution in [3.63, 3.8) is 0 Å². The number of nitrogens with zero attached hydrogens (tertiary/aromatic N) is 4. The van der Waals surface area contributed by atoms with Crippen LogP contribution in [-0.2, 0) is 7.05 Å². The Bertz CT molecular complexity index is 889. The molecule has 25 heavy (non-hydrogen) atoms. The van der Waals surface area contributed by atoms with Crippen molar-refractivity contribution >= 4 is 16.9 Å². The number of carbonyl (C=O) groups is 1. The predicted molar refractivity (Wildman–Crippen MR) is 96.2 cm³/mol. The van der Waals surface area contributed by atoms with Crippen LogP contribution in [-0.4, -0.2) is 44.3 Å². The molecule has 6 nitrogen and oxygen atoms in total. The Labute approximate surface area is 146 Å². The zero-order chi connectivity index (χ0) is 18.0. The van der Waals surface area contributed by atoms with E-state index in [1.54, 1.807) is 28.9 Å². The molecule has 0 saturated heterocycles. The maximum Gasteiger partial charge on any atom is 0.254 e. The Balaban J connectivity index is 2.02. The summed E-state index contributed by atoms with van der Waals surface area (Å²) in [6, 6.07) is 11.4. The van der Waals surface area contributed by atoms with E-state index in [1.807, 2.05) is 44.3 Å². The minimum Gasteiger partial charge on any atom is -0.396 e. The summed E-state index contributed by atoms with van der Waals surface area (Å²) in [5, 5.41) is 14.4. The number of aryl methyl sites for hydroxylation is 2. The molecule has 3 aromatic rings. The Morgan fingerprint density at radius 2 is 2.04 bits per heavy atom. The van der Waals surface area contributed by atoms with Crippen molar-refractivity contribution in [2.45, 2.75) is 19.4 Å². The highest BCUT2D eigenvalue weighted by molar-refractivity contribution is 6.05. The van der Waals surface area contributed by atoms with E-state index in [4.69, 9.17) is 0 Å². The van der Waals surface area contributed by atoms with E-state index in [2.05, 4.69) is 10.1 Å². The molecule has 0 aliphatic carbocycles. The zero-order valence-corrected chi connectivity index (χ0v) is 14.7. The van der Waals surface area contributed by atoms with Gasteiger partial charge in [-0.25, -0.2) is 4.98 Å². The summed E-state index contributed by atoms with van der Waals surface area (Å²) in [6.07, 6.45) is 2.15. The van der Waals surface area contributed by atoms with Crippen LogP contribution in [0.25, 0.3) is 11.0 Å². The van der Waals surface area contributed by atoms with Crippen molar-refractivity contribution in [3.8, 4) is 0 Å².